The standard InChI is InChI=1S/C13H10O5S2/c1-18-8-2-3-11-9(5-8)12-7(6-20(11,16)17)4-10(19-12)13(14)15/h2-5H,6H2,1H3,(H,14,15). The van der Waals surface area contributed by atoms with Crippen molar-refractivity contribution in [3.63, 3.8) is 0 Å². The molecule has 0 radical (unpaired) electrons. The third-order valence-electron chi connectivity index (χ3n) is 3.13. The predicted octanol–water partition coefficient (Wildman–Crippen LogP) is 2.41. The molecule has 1 aromatic heterocycles. The summed E-state index contributed by atoms with van der Waals surface area (Å²) >= 11 is 1.09. The van der Waals surface area contributed by atoms with Gasteiger partial charge in [-0.1, -0.05) is 0 Å². The van der Waals surface area contributed by atoms with Gasteiger partial charge in [0.15, 0.2) is 9.84 Å². The second kappa shape index (κ2) is 4.32. The fraction of sp³-hybridized carbons (Fsp3) is 0.154. The van der Waals surface area contributed by atoms with Crippen LogP contribution in [0.5, 0.6) is 5.75 Å². The van der Waals surface area contributed by atoms with Crippen molar-refractivity contribution in [1.82, 2.24) is 0 Å². The van der Waals surface area contributed by atoms with Crippen LogP contribution in [0.3, 0.4) is 0 Å². The maximum atomic E-state index is 12.2. The molecule has 0 unspecified atom stereocenters. The van der Waals surface area contributed by atoms with Crippen LogP contribution in [0.25, 0.3) is 10.4 Å². The van der Waals surface area contributed by atoms with Gasteiger partial charge in [0.05, 0.1) is 17.8 Å². The molecule has 1 aliphatic rings. The quantitative estimate of drug-likeness (QED) is 0.921. The van der Waals surface area contributed by atoms with Gasteiger partial charge in [0, 0.05) is 10.4 Å². The summed E-state index contributed by atoms with van der Waals surface area (Å²) in [6.07, 6.45) is 0. The first-order valence-corrected chi connectivity index (χ1v) is 8.16. The third-order valence-corrected chi connectivity index (χ3v) is 6.05. The Labute approximate surface area is 119 Å². The van der Waals surface area contributed by atoms with Crippen LogP contribution in [-0.2, 0) is 15.6 Å². The largest absolute Gasteiger partial charge is 0.497 e. The van der Waals surface area contributed by atoms with E-state index in [1.165, 1.54) is 19.2 Å². The molecule has 1 aromatic carbocycles. The van der Waals surface area contributed by atoms with Gasteiger partial charge < -0.3 is 9.84 Å². The lowest BCUT2D eigenvalue weighted by Crippen LogP contribution is -2.11. The molecule has 7 heteroatoms. The summed E-state index contributed by atoms with van der Waals surface area (Å²) in [6.45, 7) is 0. The zero-order valence-corrected chi connectivity index (χ0v) is 12.0. The van der Waals surface area contributed by atoms with Crippen LogP contribution in [0.15, 0.2) is 29.2 Å². The van der Waals surface area contributed by atoms with E-state index in [1.54, 1.807) is 12.1 Å². The molecule has 0 atom stereocenters. The van der Waals surface area contributed by atoms with E-state index in [0.717, 1.165) is 11.3 Å². The van der Waals surface area contributed by atoms with Crippen LogP contribution in [0.2, 0.25) is 0 Å². The number of methoxy groups -OCH3 is 1. The van der Waals surface area contributed by atoms with Gasteiger partial charge in [0.25, 0.3) is 0 Å². The van der Waals surface area contributed by atoms with Crippen molar-refractivity contribution >= 4 is 27.1 Å². The Balaban J connectivity index is 2.31. The minimum atomic E-state index is -3.43. The zero-order chi connectivity index (χ0) is 14.5. The highest BCUT2D eigenvalue weighted by molar-refractivity contribution is 7.91. The second-order valence-electron chi connectivity index (χ2n) is 4.39. The monoisotopic (exact) mass is 310 g/mol. The Kier molecular flexibility index (Phi) is 2.84. The number of carboxylic acid groups (broad SMARTS) is 1. The van der Waals surface area contributed by atoms with Crippen molar-refractivity contribution in [2.45, 2.75) is 10.6 Å². The Morgan fingerprint density at radius 2 is 2.10 bits per heavy atom. The minimum absolute atomic E-state index is 0.140. The molecule has 0 spiro atoms. The van der Waals surface area contributed by atoms with Gasteiger partial charge in [0.2, 0.25) is 0 Å². The third kappa shape index (κ3) is 1.90. The average molecular weight is 310 g/mol. The lowest BCUT2D eigenvalue weighted by Gasteiger charge is -2.17. The highest BCUT2D eigenvalue weighted by Crippen LogP contribution is 2.44. The van der Waals surface area contributed by atoms with Gasteiger partial charge in [-0.05, 0) is 29.8 Å². The number of ether oxygens (including phenoxy) is 1. The van der Waals surface area contributed by atoms with Crippen LogP contribution < -0.4 is 4.74 Å². The highest BCUT2D eigenvalue weighted by atomic mass is 32.2. The fourth-order valence-electron chi connectivity index (χ4n) is 2.24. The Hall–Kier alpha value is -1.86. The molecule has 0 fully saturated rings. The fourth-order valence-corrected chi connectivity index (χ4v) is 5.01. The number of sulfone groups is 1. The number of aromatic carboxylic acids is 1. The highest BCUT2D eigenvalue weighted by Gasteiger charge is 2.31. The molecule has 0 saturated heterocycles. The van der Waals surface area contributed by atoms with Crippen LogP contribution in [0, 0.1) is 0 Å². The summed E-state index contributed by atoms with van der Waals surface area (Å²) in [5.74, 6) is -0.672. The lowest BCUT2D eigenvalue weighted by atomic mass is 10.1. The Morgan fingerprint density at radius 1 is 1.35 bits per heavy atom. The molecular weight excluding hydrogens is 300 g/mol. The van der Waals surface area contributed by atoms with Crippen molar-refractivity contribution < 1.29 is 23.1 Å². The summed E-state index contributed by atoms with van der Waals surface area (Å²) in [4.78, 5) is 12.1. The van der Waals surface area contributed by atoms with E-state index in [2.05, 4.69) is 0 Å². The molecule has 3 rings (SSSR count). The van der Waals surface area contributed by atoms with Crippen LogP contribution in [-0.4, -0.2) is 26.6 Å². The number of thiophene rings is 1. The van der Waals surface area contributed by atoms with E-state index >= 15 is 0 Å². The van der Waals surface area contributed by atoms with E-state index < -0.39 is 15.8 Å². The number of rotatable bonds is 2. The number of hydrogen-bond acceptors (Lipinski definition) is 5. The van der Waals surface area contributed by atoms with Gasteiger partial charge in [-0.25, -0.2) is 13.2 Å². The van der Waals surface area contributed by atoms with Gasteiger partial charge in [-0.2, -0.15) is 0 Å². The number of carbonyl (C=O) groups is 1. The van der Waals surface area contributed by atoms with Crippen LogP contribution in [0.1, 0.15) is 15.2 Å². The molecule has 0 saturated carbocycles. The number of hydrogen-bond donors (Lipinski definition) is 1. The van der Waals surface area contributed by atoms with Crippen molar-refractivity contribution in [1.29, 1.82) is 0 Å². The van der Waals surface area contributed by atoms with Crippen LogP contribution in [0.4, 0.5) is 0 Å². The van der Waals surface area contributed by atoms with E-state index in [-0.39, 0.29) is 15.5 Å². The molecule has 0 bridgehead atoms. The molecule has 5 nitrogen and oxygen atoms in total. The Bertz CT molecular complexity index is 817. The average Bonchev–Trinajstić information content (AvgIpc) is 2.81. The maximum Gasteiger partial charge on any atom is 0.345 e. The smallest absolute Gasteiger partial charge is 0.345 e. The topological polar surface area (TPSA) is 80.7 Å². The summed E-state index contributed by atoms with van der Waals surface area (Å²) in [6, 6.07) is 6.16. The molecule has 1 aliphatic heterocycles. The molecule has 0 aliphatic carbocycles. The Morgan fingerprint density at radius 3 is 2.75 bits per heavy atom. The lowest BCUT2D eigenvalue weighted by molar-refractivity contribution is 0.0702. The van der Waals surface area contributed by atoms with E-state index in [0.29, 0.717) is 21.8 Å². The summed E-state index contributed by atoms with van der Waals surface area (Å²) in [5.41, 5.74) is 1.05. The molecular formula is C13H10O5S2. The minimum Gasteiger partial charge on any atom is -0.497 e. The molecule has 1 N–H and O–H groups in total. The van der Waals surface area contributed by atoms with Gasteiger partial charge in [0.1, 0.15) is 10.6 Å². The molecule has 0 amide bonds. The van der Waals surface area contributed by atoms with E-state index in [1.807, 2.05) is 0 Å². The second-order valence-corrected chi connectivity index (χ2v) is 7.40. The van der Waals surface area contributed by atoms with E-state index in [9.17, 15) is 13.2 Å². The van der Waals surface area contributed by atoms with Gasteiger partial charge in [-0.15, -0.1) is 11.3 Å². The number of carboxylic acids is 1. The molecule has 2 aromatic rings. The number of benzene rings is 1. The first kappa shape index (κ1) is 13.1. The predicted molar refractivity (Wildman–Crippen MR) is 74.2 cm³/mol. The SMILES string of the molecule is COc1ccc2c(c1)-c1sc(C(=O)O)cc1CS2(=O)=O. The normalized spacial score (nSPS) is 15.2. The van der Waals surface area contributed by atoms with E-state index in [4.69, 9.17) is 9.84 Å². The first-order valence-electron chi connectivity index (χ1n) is 5.69. The summed E-state index contributed by atoms with van der Waals surface area (Å²) in [5, 5.41) is 9.05. The molecule has 20 heavy (non-hydrogen) atoms. The van der Waals surface area contributed by atoms with Gasteiger partial charge >= 0.3 is 5.97 Å². The van der Waals surface area contributed by atoms with Gasteiger partial charge in [-0.3, -0.25) is 0 Å². The summed E-state index contributed by atoms with van der Waals surface area (Å²) < 4.78 is 29.6. The number of fused-ring (bicyclic) bond motifs is 3. The van der Waals surface area contributed by atoms with Crippen molar-refractivity contribution in [3.8, 4) is 16.2 Å². The first-order chi connectivity index (χ1) is 9.42. The van der Waals surface area contributed by atoms with Crippen molar-refractivity contribution in [2.75, 3.05) is 7.11 Å². The zero-order valence-electron chi connectivity index (χ0n) is 10.4. The van der Waals surface area contributed by atoms with Crippen molar-refractivity contribution in [2.24, 2.45) is 0 Å². The van der Waals surface area contributed by atoms with Crippen LogP contribution >= 0.6 is 11.3 Å². The maximum absolute atomic E-state index is 12.2. The van der Waals surface area contributed by atoms with Crippen molar-refractivity contribution in [3.05, 3.63) is 34.7 Å². The molecule has 104 valence electrons. The summed E-state index contributed by atoms with van der Waals surface area (Å²) in [7, 11) is -1.94. The molecule has 2 heterocycles.